The van der Waals surface area contributed by atoms with E-state index in [4.69, 9.17) is 4.74 Å². The standard InChI is InChI=1S/C15H10O5/c1-20-7-5-9-13(11(17)6-7)15(19)12-8(14(9)18)3-2-4-10(12)16/h2-6,16-17H,1H3. The molecule has 5 heteroatoms. The Bertz CT molecular complexity index is 761. The summed E-state index contributed by atoms with van der Waals surface area (Å²) in [5.41, 5.74) is 0.00960. The van der Waals surface area contributed by atoms with Crippen LogP contribution >= 0.6 is 0 Å². The van der Waals surface area contributed by atoms with Crippen LogP contribution in [0.4, 0.5) is 0 Å². The number of aromatic hydroxyl groups is 2. The number of phenols is 2. The summed E-state index contributed by atoms with van der Waals surface area (Å²) in [5.74, 6) is -1.34. The minimum absolute atomic E-state index is 0.0740. The van der Waals surface area contributed by atoms with Crippen LogP contribution in [0.1, 0.15) is 31.8 Å². The summed E-state index contributed by atoms with van der Waals surface area (Å²) in [7, 11) is 1.40. The van der Waals surface area contributed by atoms with Crippen LogP contribution < -0.4 is 4.74 Å². The highest BCUT2D eigenvalue weighted by Crippen LogP contribution is 2.38. The first-order valence-electron chi connectivity index (χ1n) is 5.87. The van der Waals surface area contributed by atoms with Crippen molar-refractivity contribution >= 4 is 11.6 Å². The van der Waals surface area contributed by atoms with Gasteiger partial charge in [0.2, 0.25) is 5.78 Å². The second-order valence-corrected chi connectivity index (χ2v) is 4.43. The van der Waals surface area contributed by atoms with Crippen molar-refractivity contribution in [2.24, 2.45) is 0 Å². The second kappa shape index (κ2) is 4.09. The molecular formula is C15H10O5. The summed E-state index contributed by atoms with van der Waals surface area (Å²) in [5, 5.41) is 19.7. The zero-order valence-corrected chi connectivity index (χ0v) is 10.5. The van der Waals surface area contributed by atoms with Crippen LogP contribution in [0, 0.1) is 0 Å². The maximum atomic E-state index is 12.4. The lowest BCUT2D eigenvalue weighted by atomic mass is 9.83. The lowest BCUT2D eigenvalue weighted by molar-refractivity contribution is 0.0974. The van der Waals surface area contributed by atoms with Gasteiger partial charge in [0, 0.05) is 17.2 Å². The maximum absolute atomic E-state index is 12.4. The van der Waals surface area contributed by atoms with Gasteiger partial charge in [-0.25, -0.2) is 0 Å². The van der Waals surface area contributed by atoms with Crippen molar-refractivity contribution in [2.75, 3.05) is 7.11 Å². The van der Waals surface area contributed by atoms with E-state index in [1.165, 1.54) is 37.4 Å². The van der Waals surface area contributed by atoms with Gasteiger partial charge in [-0.3, -0.25) is 9.59 Å². The first-order chi connectivity index (χ1) is 9.54. The summed E-state index contributed by atoms with van der Waals surface area (Å²) in [4.78, 5) is 24.8. The van der Waals surface area contributed by atoms with Gasteiger partial charge in [-0.2, -0.15) is 0 Å². The van der Waals surface area contributed by atoms with E-state index in [1.807, 2.05) is 0 Å². The van der Waals surface area contributed by atoms with E-state index in [9.17, 15) is 19.8 Å². The van der Waals surface area contributed by atoms with Gasteiger partial charge in [0.25, 0.3) is 0 Å². The molecule has 2 aromatic carbocycles. The van der Waals surface area contributed by atoms with Gasteiger partial charge in [0.15, 0.2) is 5.78 Å². The number of benzene rings is 2. The lowest BCUT2D eigenvalue weighted by Crippen LogP contribution is -2.21. The maximum Gasteiger partial charge on any atom is 0.201 e. The third kappa shape index (κ3) is 1.50. The molecule has 0 saturated heterocycles. The molecule has 0 unspecified atom stereocenters. The molecule has 5 nitrogen and oxygen atoms in total. The quantitative estimate of drug-likeness (QED) is 0.705. The lowest BCUT2D eigenvalue weighted by Gasteiger charge is -2.19. The number of carbonyl (C=O) groups is 2. The number of phenolic OH excluding ortho intramolecular Hbond substituents is 2. The molecule has 2 aromatic rings. The van der Waals surface area contributed by atoms with Crippen molar-refractivity contribution in [3.8, 4) is 17.2 Å². The van der Waals surface area contributed by atoms with Gasteiger partial charge in [-0.05, 0) is 12.1 Å². The van der Waals surface area contributed by atoms with E-state index in [-0.39, 0.29) is 39.5 Å². The van der Waals surface area contributed by atoms with Crippen LogP contribution in [0.5, 0.6) is 17.2 Å². The molecule has 0 bridgehead atoms. The first-order valence-corrected chi connectivity index (χ1v) is 5.87. The highest BCUT2D eigenvalue weighted by atomic mass is 16.5. The molecule has 0 saturated carbocycles. The molecular weight excluding hydrogens is 260 g/mol. The van der Waals surface area contributed by atoms with Crippen LogP contribution in [0.15, 0.2) is 30.3 Å². The average Bonchev–Trinajstić information content (AvgIpc) is 2.43. The molecule has 0 spiro atoms. The highest BCUT2D eigenvalue weighted by molar-refractivity contribution is 6.30. The number of ether oxygens (including phenoxy) is 1. The minimum atomic E-state index is -0.576. The second-order valence-electron chi connectivity index (χ2n) is 4.43. The minimum Gasteiger partial charge on any atom is -0.507 e. The summed E-state index contributed by atoms with van der Waals surface area (Å²) in [6, 6.07) is 6.95. The third-order valence-electron chi connectivity index (χ3n) is 3.31. The Morgan fingerprint density at radius 1 is 0.900 bits per heavy atom. The number of hydrogen-bond acceptors (Lipinski definition) is 5. The van der Waals surface area contributed by atoms with Gasteiger partial charge < -0.3 is 14.9 Å². The van der Waals surface area contributed by atoms with Crippen LogP contribution in [-0.4, -0.2) is 28.9 Å². The molecule has 1 aliphatic carbocycles. The normalized spacial score (nSPS) is 12.8. The molecule has 0 atom stereocenters. The summed E-state index contributed by atoms with van der Waals surface area (Å²) in [6.45, 7) is 0. The number of rotatable bonds is 1. The van der Waals surface area contributed by atoms with Gasteiger partial charge in [-0.1, -0.05) is 12.1 Å². The van der Waals surface area contributed by atoms with Crippen LogP contribution in [0.25, 0.3) is 0 Å². The third-order valence-corrected chi connectivity index (χ3v) is 3.31. The van der Waals surface area contributed by atoms with E-state index < -0.39 is 11.6 Å². The Hall–Kier alpha value is -2.82. The molecule has 0 aromatic heterocycles. The monoisotopic (exact) mass is 270 g/mol. The Labute approximate surface area is 114 Å². The molecule has 0 aliphatic heterocycles. The Morgan fingerprint density at radius 3 is 2.30 bits per heavy atom. The smallest absolute Gasteiger partial charge is 0.201 e. The molecule has 0 radical (unpaired) electrons. The number of ketones is 2. The van der Waals surface area contributed by atoms with Crippen molar-refractivity contribution in [3.05, 3.63) is 52.6 Å². The van der Waals surface area contributed by atoms with E-state index in [2.05, 4.69) is 0 Å². The van der Waals surface area contributed by atoms with Crippen molar-refractivity contribution in [2.45, 2.75) is 0 Å². The number of carbonyl (C=O) groups excluding carboxylic acids is 2. The zero-order chi connectivity index (χ0) is 14.4. The van der Waals surface area contributed by atoms with Crippen LogP contribution in [0.2, 0.25) is 0 Å². The Balaban J connectivity index is 2.35. The van der Waals surface area contributed by atoms with E-state index >= 15 is 0 Å². The average molecular weight is 270 g/mol. The number of methoxy groups -OCH3 is 1. The summed E-state index contributed by atoms with van der Waals surface area (Å²) >= 11 is 0. The molecule has 100 valence electrons. The fraction of sp³-hybridized carbons (Fsp3) is 0.0667. The zero-order valence-electron chi connectivity index (χ0n) is 10.5. The molecule has 0 fully saturated rings. The van der Waals surface area contributed by atoms with Crippen molar-refractivity contribution in [1.82, 2.24) is 0 Å². The highest BCUT2D eigenvalue weighted by Gasteiger charge is 2.34. The first kappa shape index (κ1) is 12.2. The molecule has 0 amide bonds. The van der Waals surface area contributed by atoms with Gasteiger partial charge in [-0.15, -0.1) is 0 Å². The Morgan fingerprint density at radius 2 is 1.60 bits per heavy atom. The van der Waals surface area contributed by atoms with E-state index in [0.29, 0.717) is 0 Å². The molecule has 0 heterocycles. The van der Waals surface area contributed by atoms with E-state index in [0.717, 1.165) is 0 Å². The van der Waals surface area contributed by atoms with Gasteiger partial charge in [0.1, 0.15) is 17.2 Å². The van der Waals surface area contributed by atoms with Crippen LogP contribution in [-0.2, 0) is 0 Å². The van der Waals surface area contributed by atoms with Crippen LogP contribution in [0.3, 0.4) is 0 Å². The largest absolute Gasteiger partial charge is 0.507 e. The van der Waals surface area contributed by atoms with Gasteiger partial charge >= 0.3 is 0 Å². The van der Waals surface area contributed by atoms with Crippen molar-refractivity contribution < 1.29 is 24.5 Å². The number of fused-ring (bicyclic) bond motifs is 2. The molecule has 1 aliphatic rings. The number of hydrogen-bond donors (Lipinski definition) is 2. The predicted octanol–water partition coefficient (Wildman–Crippen LogP) is 1.88. The molecule has 3 rings (SSSR count). The summed E-state index contributed by atoms with van der Waals surface area (Å²) in [6.07, 6.45) is 0. The molecule has 20 heavy (non-hydrogen) atoms. The molecule has 2 N–H and O–H groups in total. The fourth-order valence-electron chi connectivity index (χ4n) is 2.37. The topological polar surface area (TPSA) is 83.8 Å². The van der Waals surface area contributed by atoms with Crippen molar-refractivity contribution in [3.63, 3.8) is 0 Å². The summed E-state index contributed by atoms with van der Waals surface area (Å²) < 4.78 is 4.98. The van der Waals surface area contributed by atoms with Gasteiger partial charge in [0.05, 0.1) is 18.2 Å². The fourth-order valence-corrected chi connectivity index (χ4v) is 2.37. The predicted molar refractivity (Wildman–Crippen MR) is 69.6 cm³/mol. The Kier molecular flexibility index (Phi) is 2.50. The SMILES string of the molecule is COc1cc(O)c2c(c1)C(=O)c1cccc(O)c1C2=O. The van der Waals surface area contributed by atoms with E-state index in [1.54, 1.807) is 0 Å². The van der Waals surface area contributed by atoms with Crippen molar-refractivity contribution in [1.29, 1.82) is 0 Å².